The van der Waals surface area contributed by atoms with E-state index in [9.17, 15) is 0 Å². The average molecular weight is 285 g/mol. The monoisotopic (exact) mass is 284 g/mol. The molecule has 2 aromatic carbocycles. The molecule has 0 radical (unpaired) electrons. The lowest BCUT2D eigenvalue weighted by atomic mass is 10.0. The molecule has 0 fully saturated rings. The predicted molar refractivity (Wildman–Crippen MR) is 80.3 cm³/mol. The fourth-order valence-corrected chi connectivity index (χ4v) is 2.38. The van der Waals surface area contributed by atoms with Gasteiger partial charge in [-0.2, -0.15) is 0 Å². The number of ether oxygens (including phenoxy) is 1. The first-order chi connectivity index (χ1) is 9.76. The van der Waals surface area contributed by atoms with Crippen molar-refractivity contribution in [1.29, 1.82) is 0 Å². The highest BCUT2D eigenvalue weighted by atomic mass is 35.5. The Balaban J connectivity index is 2.06. The highest BCUT2D eigenvalue weighted by Crippen LogP contribution is 2.25. The van der Waals surface area contributed by atoms with E-state index in [0.717, 1.165) is 16.7 Å². The van der Waals surface area contributed by atoms with E-state index in [2.05, 4.69) is 28.2 Å². The van der Waals surface area contributed by atoms with Gasteiger partial charge < -0.3 is 4.74 Å². The summed E-state index contributed by atoms with van der Waals surface area (Å²) < 4.78 is 5.29. The van der Waals surface area contributed by atoms with Crippen LogP contribution in [0.5, 0.6) is 5.75 Å². The SMILES string of the molecule is COc1ccc2cccc(Cc3nccc(Cl)n3)c2c1. The molecule has 0 spiro atoms. The molecule has 0 N–H and O–H groups in total. The summed E-state index contributed by atoms with van der Waals surface area (Å²) in [6.07, 6.45) is 2.32. The van der Waals surface area contributed by atoms with Gasteiger partial charge in [0, 0.05) is 12.6 Å². The van der Waals surface area contributed by atoms with Crippen molar-refractivity contribution in [3.63, 3.8) is 0 Å². The summed E-state index contributed by atoms with van der Waals surface area (Å²) in [7, 11) is 1.67. The molecule has 20 heavy (non-hydrogen) atoms. The van der Waals surface area contributed by atoms with Gasteiger partial charge in [0.1, 0.15) is 16.7 Å². The number of nitrogens with zero attached hydrogens (tertiary/aromatic N) is 2. The van der Waals surface area contributed by atoms with Crippen molar-refractivity contribution in [1.82, 2.24) is 9.97 Å². The van der Waals surface area contributed by atoms with Crippen LogP contribution in [-0.2, 0) is 6.42 Å². The van der Waals surface area contributed by atoms with Gasteiger partial charge in [-0.25, -0.2) is 9.97 Å². The summed E-state index contributed by atoms with van der Waals surface area (Å²) >= 11 is 5.91. The molecule has 1 aromatic heterocycles. The molecular weight excluding hydrogens is 272 g/mol. The normalized spacial score (nSPS) is 10.7. The molecule has 0 aliphatic carbocycles. The van der Waals surface area contributed by atoms with Gasteiger partial charge in [-0.15, -0.1) is 0 Å². The maximum absolute atomic E-state index is 5.91. The third-order valence-corrected chi connectivity index (χ3v) is 3.41. The van der Waals surface area contributed by atoms with Crippen LogP contribution >= 0.6 is 11.6 Å². The predicted octanol–water partition coefficient (Wildman–Crippen LogP) is 3.88. The number of fused-ring (bicyclic) bond motifs is 1. The van der Waals surface area contributed by atoms with Crippen molar-refractivity contribution in [3.05, 3.63) is 65.2 Å². The van der Waals surface area contributed by atoms with E-state index in [1.54, 1.807) is 19.4 Å². The van der Waals surface area contributed by atoms with Crippen molar-refractivity contribution >= 4 is 22.4 Å². The zero-order valence-corrected chi connectivity index (χ0v) is 11.8. The van der Waals surface area contributed by atoms with E-state index in [1.807, 2.05) is 18.2 Å². The first-order valence-electron chi connectivity index (χ1n) is 6.29. The van der Waals surface area contributed by atoms with Crippen molar-refractivity contribution in [2.45, 2.75) is 6.42 Å². The lowest BCUT2D eigenvalue weighted by Gasteiger charge is -2.08. The first-order valence-corrected chi connectivity index (χ1v) is 6.67. The van der Waals surface area contributed by atoms with Gasteiger partial charge >= 0.3 is 0 Å². The topological polar surface area (TPSA) is 35.0 Å². The quantitative estimate of drug-likeness (QED) is 0.685. The minimum absolute atomic E-state index is 0.466. The summed E-state index contributed by atoms with van der Waals surface area (Å²) in [5.41, 5.74) is 1.16. The number of aromatic nitrogens is 2. The molecule has 3 rings (SSSR count). The van der Waals surface area contributed by atoms with Crippen molar-refractivity contribution < 1.29 is 4.74 Å². The van der Waals surface area contributed by atoms with E-state index in [4.69, 9.17) is 16.3 Å². The Kier molecular flexibility index (Phi) is 3.52. The van der Waals surface area contributed by atoms with Crippen LogP contribution < -0.4 is 4.74 Å². The second-order valence-electron chi connectivity index (χ2n) is 4.48. The number of halogens is 1. The molecule has 0 bridgehead atoms. The van der Waals surface area contributed by atoms with E-state index < -0.39 is 0 Å². The fraction of sp³-hybridized carbons (Fsp3) is 0.125. The number of hydrogen-bond acceptors (Lipinski definition) is 3. The zero-order valence-electron chi connectivity index (χ0n) is 11.0. The molecule has 0 atom stereocenters. The molecule has 4 heteroatoms. The number of rotatable bonds is 3. The van der Waals surface area contributed by atoms with Crippen molar-refractivity contribution in [2.24, 2.45) is 0 Å². The van der Waals surface area contributed by atoms with Crippen LogP contribution in [0.1, 0.15) is 11.4 Å². The Morgan fingerprint density at radius 1 is 1.15 bits per heavy atom. The largest absolute Gasteiger partial charge is 0.497 e. The molecule has 0 saturated heterocycles. The van der Waals surface area contributed by atoms with Crippen LogP contribution in [0, 0.1) is 0 Å². The van der Waals surface area contributed by atoms with Crippen LogP contribution in [0.3, 0.4) is 0 Å². The van der Waals surface area contributed by atoms with Gasteiger partial charge in [-0.05, 0) is 34.5 Å². The first kappa shape index (κ1) is 12.9. The molecule has 3 nitrogen and oxygen atoms in total. The average Bonchev–Trinajstić information content (AvgIpc) is 2.47. The fourth-order valence-electron chi connectivity index (χ4n) is 2.23. The summed E-state index contributed by atoms with van der Waals surface area (Å²) in [4.78, 5) is 8.50. The van der Waals surface area contributed by atoms with Gasteiger partial charge in [0.15, 0.2) is 0 Å². The van der Waals surface area contributed by atoms with Crippen LogP contribution in [0.25, 0.3) is 10.8 Å². The highest BCUT2D eigenvalue weighted by molar-refractivity contribution is 6.29. The van der Waals surface area contributed by atoms with Crippen molar-refractivity contribution in [2.75, 3.05) is 7.11 Å². The van der Waals surface area contributed by atoms with Crippen molar-refractivity contribution in [3.8, 4) is 5.75 Å². The Hall–Kier alpha value is -2.13. The molecule has 0 aliphatic rings. The molecule has 0 saturated carbocycles. The molecule has 3 aromatic rings. The molecule has 0 aliphatic heterocycles. The highest BCUT2D eigenvalue weighted by Gasteiger charge is 2.06. The Labute approximate surface area is 122 Å². The van der Waals surface area contributed by atoms with Gasteiger partial charge in [0.05, 0.1) is 7.11 Å². The van der Waals surface area contributed by atoms with Gasteiger partial charge in [-0.3, -0.25) is 0 Å². The minimum Gasteiger partial charge on any atom is -0.497 e. The van der Waals surface area contributed by atoms with Crippen LogP contribution in [-0.4, -0.2) is 17.1 Å². The van der Waals surface area contributed by atoms with Gasteiger partial charge in [0.25, 0.3) is 0 Å². The number of hydrogen-bond donors (Lipinski definition) is 0. The smallest absolute Gasteiger partial charge is 0.134 e. The third-order valence-electron chi connectivity index (χ3n) is 3.20. The molecule has 0 amide bonds. The van der Waals surface area contributed by atoms with Crippen LogP contribution in [0.2, 0.25) is 5.15 Å². The van der Waals surface area contributed by atoms with Gasteiger partial charge in [-0.1, -0.05) is 35.9 Å². The standard InChI is InChI=1S/C16H13ClN2O/c1-20-13-6-5-11-3-2-4-12(14(11)10-13)9-16-18-8-7-15(17)19-16/h2-8,10H,9H2,1H3. The van der Waals surface area contributed by atoms with E-state index in [0.29, 0.717) is 17.4 Å². The zero-order chi connectivity index (χ0) is 13.9. The van der Waals surface area contributed by atoms with Crippen LogP contribution in [0.15, 0.2) is 48.7 Å². The second kappa shape index (κ2) is 5.47. The summed E-state index contributed by atoms with van der Waals surface area (Å²) in [5.74, 6) is 1.56. The van der Waals surface area contributed by atoms with E-state index in [-0.39, 0.29) is 0 Å². The molecule has 1 heterocycles. The molecule has 100 valence electrons. The third kappa shape index (κ3) is 2.58. The number of methoxy groups -OCH3 is 1. The van der Waals surface area contributed by atoms with E-state index in [1.165, 1.54) is 5.39 Å². The minimum atomic E-state index is 0.466. The maximum atomic E-state index is 5.91. The summed E-state index contributed by atoms with van der Waals surface area (Å²) in [6.45, 7) is 0. The Morgan fingerprint density at radius 3 is 2.85 bits per heavy atom. The molecular formula is C16H13ClN2O. The molecule has 0 unspecified atom stereocenters. The van der Waals surface area contributed by atoms with Crippen LogP contribution in [0.4, 0.5) is 0 Å². The number of benzene rings is 2. The second-order valence-corrected chi connectivity index (χ2v) is 4.86. The Bertz CT molecular complexity index is 758. The summed E-state index contributed by atoms with van der Waals surface area (Å²) in [5, 5.41) is 2.79. The lowest BCUT2D eigenvalue weighted by molar-refractivity contribution is 0.415. The van der Waals surface area contributed by atoms with Gasteiger partial charge in [0.2, 0.25) is 0 Å². The maximum Gasteiger partial charge on any atom is 0.134 e. The summed E-state index contributed by atoms with van der Waals surface area (Å²) in [6, 6.07) is 13.9. The lowest BCUT2D eigenvalue weighted by Crippen LogP contribution is -1.97. The Morgan fingerprint density at radius 2 is 2.05 bits per heavy atom. The van der Waals surface area contributed by atoms with E-state index >= 15 is 0 Å².